The first-order chi connectivity index (χ1) is 8.09. The van der Waals surface area contributed by atoms with Gasteiger partial charge in [0.2, 0.25) is 5.91 Å². The molecule has 4 nitrogen and oxygen atoms in total. The number of hydrogen-bond donors (Lipinski definition) is 3. The van der Waals surface area contributed by atoms with Crippen molar-refractivity contribution in [3.05, 3.63) is 30.3 Å². The monoisotopic (exact) mass is 255 g/mol. The van der Waals surface area contributed by atoms with Crippen LogP contribution in [0.2, 0.25) is 0 Å². The van der Waals surface area contributed by atoms with Gasteiger partial charge in [-0.05, 0) is 19.1 Å². The third-order valence-corrected chi connectivity index (χ3v) is 3.26. The van der Waals surface area contributed by atoms with E-state index in [1.165, 1.54) is 11.8 Å². The lowest BCUT2D eigenvalue weighted by molar-refractivity contribution is -0.121. The largest absolute Gasteiger partial charge is 0.394 e. The van der Waals surface area contributed by atoms with Gasteiger partial charge in [0.25, 0.3) is 0 Å². The smallest absolute Gasteiger partial charge is 0.230 e. The zero-order valence-electron chi connectivity index (χ0n) is 9.72. The van der Waals surface area contributed by atoms with Crippen LogP contribution in [-0.2, 0) is 4.79 Å². The molecule has 1 rings (SSSR count). The molecule has 0 atom stereocenters. The Hall–Kier alpha value is -1.04. The Kier molecular flexibility index (Phi) is 5.47. The van der Waals surface area contributed by atoms with Gasteiger partial charge in [0, 0.05) is 4.90 Å². The molecule has 0 saturated heterocycles. The van der Waals surface area contributed by atoms with E-state index in [0.717, 1.165) is 4.90 Å². The van der Waals surface area contributed by atoms with E-state index in [4.69, 9.17) is 10.2 Å². The summed E-state index contributed by atoms with van der Waals surface area (Å²) in [6.45, 7) is 1.02. The predicted octanol–water partition coefficient (Wildman–Crippen LogP) is 0.638. The van der Waals surface area contributed by atoms with Crippen molar-refractivity contribution in [3.8, 4) is 0 Å². The van der Waals surface area contributed by atoms with Gasteiger partial charge in [-0.1, -0.05) is 18.2 Å². The van der Waals surface area contributed by atoms with Gasteiger partial charge in [0.15, 0.2) is 0 Å². The van der Waals surface area contributed by atoms with Gasteiger partial charge < -0.3 is 15.5 Å². The summed E-state index contributed by atoms with van der Waals surface area (Å²) in [5, 5.41) is 20.7. The Morgan fingerprint density at radius 3 is 2.41 bits per heavy atom. The van der Waals surface area contributed by atoms with Crippen LogP contribution in [0.4, 0.5) is 0 Å². The number of thioether (sulfide) groups is 1. The van der Waals surface area contributed by atoms with Crippen molar-refractivity contribution in [2.45, 2.75) is 17.4 Å². The van der Waals surface area contributed by atoms with Crippen molar-refractivity contribution >= 4 is 17.7 Å². The van der Waals surface area contributed by atoms with Crippen molar-refractivity contribution in [2.24, 2.45) is 0 Å². The fourth-order valence-corrected chi connectivity index (χ4v) is 1.89. The standard InChI is InChI=1S/C12H17NO3S/c1-12(8-14,9-15)13-11(16)7-17-10-5-3-2-4-6-10/h2-6,14-15H,7-9H2,1H3,(H,13,16). The SMILES string of the molecule is CC(CO)(CO)NC(=O)CSc1ccccc1. The lowest BCUT2D eigenvalue weighted by Gasteiger charge is -2.26. The Balaban J connectivity index is 2.40. The molecule has 1 amide bonds. The van der Waals surface area contributed by atoms with Gasteiger partial charge in [-0.15, -0.1) is 11.8 Å². The summed E-state index contributed by atoms with van der Waals surface area (Å²) in [5.41, 5.74) is -0.950. The van der Waals surface area contributed by atoms with Gasteiger partial charge in [-0.3, -0.25) is 4.79 Å². The second kappa shape index (κ2) is 6.64. The van der Waals surface area contributed by atoms with Crippen LogP contribution >= 0.6 is 11.8 Å². The Labute approximate surface area is 105 Å². The summed E-state index contributed by atoms with van der Waals surface area (Å²) in [5.74, 6) is 0.0593. The van der Waals surface area contributed by atoms with Crippen LogP contribution in [0.5, 0.6) is 0 Å². The van der Waals surface area contributed by atoms with Crippen LogP contribution in [0.25, 0.3) is 0 Å². The summed E-state index contributed by atoms with van der Waals surface area (Å²) in [6.07, 6.45) is 0. The van der Waals surface area contributed by atoms with Gasteiger partial charge in [0.1, 0.15) is 0 Å². The van der Waals surface area contributed by atoms with E-state index < -0.39 is 5.54 Å². The second-order valence-corrected chi connectivity index (χ2v) is 5.08. The maximum atomic E-state index is 11.6. The van der Waals surface area contributed by atoms with Crippen molar-refractivity contribution in [1.29, 1.82) is 0 Å². The van der Waals surface area contributed by atoms with Crippen LogP contribution < -0.4 is 5.32 Å². The average molecular weight is 255 g/mol. The summed E-state index contributed by atoms with van der Waals surface area (Å²) in [7, 11) is 0. The van der Waals surface area contributed by atoms with Crippen LogP contribution in [0.3, 0.4) is 0 Å². The molecule has 94 valence electrons. The molecule has 0 fully saturated rings. The number of nitrogens with one attached hydrogen (secondary N) is 1. The van der Waals surface area contributed by atoms with Gasteiger partial charge in [-0.25, -0.2) is 0 Å². The highest BCUT2D eigenvalue weighted by Gasteiger charge is 2.24. The predicted molar refractivity (Wildman–Crippen MR) is 67.9 cm³/mol. The number of benzene rings is 1. The summed E-state index contributed by atoms with van der Waals surface area (Å²) >= 11 is 1.41. The maximum Gasteiger partial charge on any atom is 0.230 e. The first kappa shape index (κ1) is 14.0. The molecule has 0 spiro atoms. The fourth-order valence-electron chi connectivity index (χ4n) is 1.17. The van der Waals surface area contributed by atoms with Crippen LogP contribution in [0.15, 0.2) is 35.2 Å². The third kappa shape index (κ3) is 4.77. The molecule has 5 heteroatoms. The van der Waals surface area contributed by atoms with Crippen molar-refractivity contribution < 1.29 is 15.0 Å². The number of carbonyl (C=O) groups excluding carboxylic acids is 1. The molecule has 0 unspecified atom stereocenters. The molecule has 0 radical (unpaired) electrons. The molecule has 1 aromatic rings. The topological polar surface area (TPSA) is 69.6 Å². The van der Waals surface area contributed by atoms with Crippen molar-refractivity contribution in [2.75, 3.05) is 19.0 Å². The van der Waals surface area contributed by atoms with E-state index in [0.29, 0.717) is 0 Å². The highest BCUT2D eigenvalue weighted by molar-refractivity contribution is 8.00. The lowest BCUT2D eigenvalue weighted by atomic mass is 10.1. The van der Waals surface area contributed by atoms with E-state index in [-0.39, 0.29) is 24.9 Å². The quantitative estimate of drug-likeness (QED) is 0.652. The lowest BCUT2D eigenvalue weighted by Crippen LogP contribution is -2.52. The molecule has 0 aliphatic rings. The zero-order valence-corrected chi connectivity index (χ0v) is 10.5. The fraction of sp³-hybridized carbons (Fsp3) is 0.417. The van der Waals surface area contributed by atoms with E-state index in [2.05, 4.69) is 5.32 Å². The molecular formula is C12H17NO3S. The molecule has 0 saturated carbocycles. The molecular weight excluding hydrogens is 238 g/mol. The van der Waals surface area contributed by atoms with E-state index in [1.807, 2.05) is 30.3 Å². The number of aliphatic hydroxyl groups is 2. The molecule has 0 bridgehead atoms. The van der Waals surface area contributed by atoms with E-state index in [1.54, 1.807) is 6.92 Å². The maximum absolute atomic E-state index is 11.6. The molecule has 1 aromatic carbocycles. The summed E-state index contributed by atoms with van der Waals surface area (Å²) in [4.78, 5) is 12.6. The number of carbonyl (C=O) groups is 1. The van der Waals surface area contributed by atoms with Gasteiger partial charge >= 0.3 is 0 Å². The average Bonchev–Trinajstić information content (AvgIpc) is 2.37. The molecule has 0 aliphatic carbocycles. The number of aliphatic hydroxyl groups excluding tert-OH is 2. The zero-order chi connectivity index (χ0) is 12.7. The normalized spacial score (nSPS) is 11.2. The highest BCUT2D eigenvalue weighted by Crippen LogP contribution is 2.16. The number of hydrogen-bond acceptors (Lipinski definition) is 4. The first-order valence-electron chi connectivity index (χ1n) is 5.30. The van der Waals surface area contributed by atoms with Crippen molar-refractivity contribution in [3.63, 3.8) is 0 Å². The van der Waals surface area contributed by atoms with Crippen molar-refractivity contribution in [1.82, 2.24) is 5.32 Å². The molecule has 0 aliphatic heterocycles. The Morgan fingerprint density at radius 1 is 1.29 bits per heavy atom. The molecule has 0 aromatic heterocycles. The van der Waals surface area contributed by atoms with E-state index >= 15 is 0 Å². The number of rotatable bonds is 6. The number of amides is 1. The van der Waals surface area contributed by atoms with Gasteiger partial charge in [-0.2, -0.15) is 0 Å². The molecule has 3 N–H and O–H groups in total. The Bertz CT molecular complexity index is 352. The Morgan fingerprint density at radius 2 is 1.88 bits per heavy atom. The minimum absolute atomic E-state index is 0.204. The van der Waals surface area contributed by atoms with Gasteiger partial charge in [0.05, 0.1) is 24.5 Å². The highest BCUT2D eigenvalue weighted by atomic mass is 32.2. The van der Waals surface area contributed by atoms with Crippen LogP contribution in [0.1, 0.15) is 6.92 Å². The summed E-state index contributed by atoms with van der Waals surface area (Å²) < 4.78 is 0. The first-order valence-corrected chi connectivity index (χ1v) is 6.29. The second-order valence-electron chi connectivity index (χ2n) is 4.03. The van der Waals surface area contributed by atoms with E-state index in [9.17, 15) is 4.79 Å². The van der Waals surface area contributed by atoms with Crippen LogP contribution in [0, 0.1) is 0 Å². The third-order valence-electron chi connectivity index (χ3n) is 2.25. The molecule has 0 heterocycles. The minimum Gasteiger partial charge on any atom is -0.394 e. The minimum atomic E-state index is -0.950. The molecule has 17 heavy (non-hydrogen) atoms. The van der Waals surface area contributed by atoms with Crippen LogP contribution in [-0.4, -0.2) is 40.6 Å². The summed E-state index contributed by atoms with van der Waals surface area (Å²) in [6, 6.07) is 9.58.